The van der Waals surface area contributed by atoms with Gasteiger partial charge < -0.3 is 25.2 Å². The van der Waals surface area contributed by atoms with Crippen LogP contribution in [0.3, 0.4) is 0 Å². The molecule has 148 valence electrons. The largest absolute Gasteiger partial charge is 0.469 e. The van der Waals surface area contributed by atoms with Gasteiger partial charge in [0.05, 0.1) is 7.11 Å². The van der Waals surface area contributed by atoms with Gasteiger partial charge in [0.1, 0.15) is 0 Å². The van der Waals surface area contributed by atoms with E-state index in [0.29, 0.717) is 19.5 Å². The van der Waals surface area contributed by atoms with Crippen molar-refractivity contribution < 1.29 is 14.3 Å². The molecule has 1 saturated heterocycles. The van der Waals surface area contributed by atoms with Crippen LogP contribution in [-0.4, -0.2) is 66.7 Å². The van der Waals surface area contributed by atoms with Gasteiger partial charge in [-0.1, -0.05) is 24.6 Å². The van der Waals surface area contributed by atoms with Crippen molar-refractivity contribution in [1.82, 2.24) is 15.1 Å². The average molecular weight is 393 g/mol. The number of benzene rings is 1. The van der Waals surface area contributed by atoms with Crippen LogP contribution in [0.1, 0.15) is 25.7 Å². The number of carbonyl (C=O) groups excluding carboxylic acids is 2. The Balaban J connectivity index is 1.60. The zero-order chi connectivity index (χ0) is 19.5. The molecule has 0 atom stereocenters. The number of urea groups is 1. The fourth-order valence-electron chi connectivity index (χ4n) is 2.82. The van der Waals surface area contributed by atoms with Crippen molar-refractivity contribution in [2.45, 2.75) is 25.7 Å². The number of hydrogen-bond acceptors (Lipinski definition) is 4. The monoisotopic (exact) mass is 392 g/mol. The minimum atomic E-state index is -0.160. The van der Waals surface area contributed by atoms with Crippen LogP contribution < -0.4 is 10.6 Å². The first-order valence-electron chi connectivity index (χ1n) is 9.30. The molecule has 0 unspecified atom stereocenters. The zero-order valence-corrected chi connectivity index (χ0v) is 16.6. The quantitative estimate of drug-likeness (QED) is 0.422. The van der Waals surface area contributed by atoms with Crippen molar-refractivity contribution in [3.63, 3.8) is 0 Å². The molecular weight excluding hydrogens is 364 g/mol. The van der Waals surface area contributed by atoms with Crippen LogP contribution in [0.25, 0.3) is 0 Å². The van der Waals surface area contributed by atoms with Gasteiger partial charge in [-0.3, -0.25) is 4.79 Å². The number of esters is 1. The van der Waals surface area contributed by atoms with Gasteiger partial charge in [-0.15, -0.1) is 0 Å². The van der Waals surface area contributed by atoms with E-state index in [-0.39, 0.29) is 12.0 Å². The maximum absolute atomic E-state index is 12.3. The number of ether oxygens (including phenoxy) is 1. The average Bonchev–Trinajstić information content (AvgIpc) is 2.71. The second-order valence-electron chi connectivity index (χ2n) is 6.39. The molecule has 27 heavy (non-hydrogen) atoms. The molecule has 0 aliphatic carbocycles. The Morgan fingerprint density at radius 1 is 1.04 bits per heavy atom. The molecule has 0 aromatic heterocycles. The van der Waals surface area contributed by atoms with Gasteiger partial charge in [0, 0.05) is 44.8 Å². The molecule has 2 N–H and O–H groups in total. The molecule has 1 aliphatic rings. The number of nitrogens with zero attached hydrogens (tertiary/aromatic N) is 2. The van der Waals surface area contributed by atoms with Crippen molar-refractivity contribution >= 4 is 35.0 Å². The van der Waals surface area contributed by atoms with Crippen molar-refractivity contribution in [3.05, 3.63) is 30.3 Å². The summed E-state index contributed by atoms with van der Waals surface area (Å²) in [5.74, 6) is -0.160. The van der Waals surface area contributed by atoms with Crippen molar-refractivity contribution in [3.8, 4) is 0 Å². The summed E-state index contributed by atoms with van der Waals surface area (Å²) >= 11 is 5.44. The van der Waals surface area contributed by atoms with Gasteiger partial charge in [-0.25, -0.2) is 4.79 Å². The van der Waals surface area contributed by atoms with Crippen LogP contribution in [0.4, 0.5) is 10.5 Å². The van der Waals surface area contributed by atoms with Gasteiger partial charge in [0.25, 0.3) is 0 Å². The Kier molecular flexibility index (Phi) is 8.83. The maximum atomic E-state index is 12.3. The first-order chi connectivity index (χ1) is 13.1. The second kappa shape index (κ2) is 11.4. The lowest BCUT2D eigenvalue weighted by Crippen LogP contribution is -2.54. The highest BCUT2D eigenvalue weighted by atomic mass is 32.1. The van der Waals surface area contributed by atoms with Crippen LogP contribution in [-0.2, 0) is 9.53 Å². The molecule has 1 fully saturated rings. The van der Waals surface area contributed by atoms with E-state index < -0.39 is 0 Å². The van der Waals surface area contributed by atoms with Crippen LogP contribution in [0.15, 0.2) is 30.3 Å². The minimum absolute atomic E-state index is 0.0784. The molecular formula is C19H28N4O3S. The molecule has 0 spiro atoms. The van der Waals surface area contributed by atoms with Crippen molar-refractivity contribution in [1.29, 1.82) is 0 Å². The van der Waals surface area contributed by atoms with Crippen LogP contribution in [0, 0.1) is 0 Å². The number of rotatable bonds is 7. The third kappa shape index (κ3) is 7.42. The first-order valence-corrected chi connectivity index (χ1v) is 9.71. The van der Waals surface area contributed by atoms with Gasteiger partial charge >= 0.3 is 12.0 Å². The molecule has 1 aromatic carbocycles. The van der Waals surface area contributed by atoms with Crippen LogP contribution in [0.5, 0.6) is 0 Å². The normalized spacial score (nSPS) is 13.8. The van der Waals surface area contributed by atoms with E-state index in [2.05, 4.69) is 20.3 Å². The molecule has 7 nitrogen and oxygen atoms in total. The summed E-state index contributed by atoms with van der Waals surface area (Å²) in [7, 11) is 1.41. The summed E-state index contributed by atoms with van der Waals surface area (Å²) in [5, 5.41) is 6.90. The minimum Gasteiger partial charge on any atom is -0.469 e. The summed E-state index contributed by atoms with van der Waals surface area (Å²) in [6, 6.07) is 9.38. The number of thiocarbonyl (C=S) groups is 1. The predicted molar refractivity (Wildman–Crippen MR) is 110 cm³/mol. The van der Waals surface area contributed by atoms with E-state index in [9.17, 15) is 9.59 Å². The lowest BCUT2D eigenvalue weighted by atomic mass is 10.2. The number of carbonyl (C=O) groups is 2. The Morgan fingerprint density at radius 3 is 2.37 bits per heavy atom. The summed E-state index contributed by atoms with van der Waals surface area (Å²) in [6.45, 7) is 3.50. The number of piperazine rings is 1. The third-order valence-electron chi connectivity index (χ3n) is 4.44. The standard InChI is InChI=1S/C19H28N4O3S/c1-26-17(24)10-6-3-7-11-20-19(27)23-14-12-22(13-15-23)18(25)21-16-8-4-2-5-9-16/h2,4-5,8-9H,3,6-7,10-15H2,1H3,(H,20,27)(H,21,25). The van der Waals surface area contributed by atoms with Crippen molar-refractivity contribution in [2.75, 3.05) is 45.2 Å². The van der Waals surface area contributed by atoms with E-state index in [4.69, 9.17) is 12.2 Å². The van der Waals surface area contributed by atoms with Crippen LogP contribution in [0.2, 0.25) is 0 Å². The van der Waals surface area contributed by atoms with Gasteiger partial charge in [-0.2, -0.15) is 0 Å². The number of anilines is 1. The fraction of sp³-hybridized carbons (Fsp3) is 0.526. The summed E-state index contributed by atoms with van der Waals surface area (Å²) in [4.78, 5) is 27.2. The molecule has 2 amide bonds. The fourth-order valence-corrected chi connectivity index (χ4v) is 3.10. The predicted octanol–water partition coefficient (Wildman–Crippen LogP) is 2.44. The lowest BCUT2D eigenvalue weighted by Gasteiger charge is -2.36. The summed E-state index contributed by atoms with van der Waals surface area (Å²) in [6.07, 6.45) is 3.21. The number of unbranched alkanes of at least 4 members (excludes halogenated alkanes) is 2. The molecule has 0 bridgehead atoms. The zero-order valence-electron chi connectivity index (χ0n) is 15.8. The number of amides is 2. The first kappa shape index (κ1) is 21.0. The Hall–Kier alpha value is -2.35. The number of nitrogens with one attached hydrogen (secondary N) is 2. The third-order valence-corrected chi connectivity index (χ3v) is 4.84. The van der Waals surface area contributed by atoms with Gasteiger partial charge in [0.2, 0.25) is 0 Å². The Morgan fingerprint density at radius 2 is 1.70 bits per heavy atom. The highest BCUT2D eigenvalue weighted by Crippen LogP contribution is 2.09. The van der Waals surface area contributed by atoms with E-state index in [1.54, 1.807) is 4.90 Å². The van der Waals surface area contributed by atoms with Gasteiger partial charge in [0.15, 0.2) is 5.11 Å². The van der Waals surface area contributed by atoms with E-state index >= 15 is 0 Å². The number of hydrogen-bond donors (Lipinski definition) is 2. The van der Waals surface area contributed by atoms with E-state index in [0.717, 1.165) is 49.7 Å². The molecule has 1 aromatic rings. The molecule has 0 saturated carbocycles. The molecule has 1 aliphatic heterocycles. The maximum Gasteiger partial charge on any atom is 0.321 e. The summed E-state index contributed by atoms with van der Waals surface area (Å²) < 4.78 is 4.62. The van der Waals surface area contributed by atoms with Crippen molar-refractivity contribution in [2.24, 2.45) is 0 Å². The van der Waals surface area contributed by atoms with E-state index in [1.165, 1.54) is 7.11 Å². The molecule has 0 radical (unpaired) electrons. The highest BCUT2D eigenvalue weighted by molar-refractivity contribution is 7.80. The second-order valence-corrected chi connectivity index (χ2v) is 6.78. The van der Waals surface area contributed by atoms with Crippen LogP contribution >= 0.6 is 12.2 Å². The number of para-hydroxylation sites is 1. The Labute approximate surface area is 166 Å². The molecule has 8 heteroatoms. The van der Waals surface area contributed by atoms with E-state index in [1.807, 2.05) is 30.3 Å². The smallest absolute Gasteiger partial charge is 0.321 e. The lowest BCUT2D eigenvalue weighted by molar-refractivity contribution is -0.140. The topological polar surface area (TPSA) is 73.9 Å². The summed E-state index contributed by atoms with van der Waals surface area (Å²) in [5.41, 5.74) is 0.800. The highest BCUT2D eigenvalue weighted by Gasteiger charge is 2.22. The van der Waals surface area contributed by atoms with Gasteiger partial charge in [-0.05, 0) is 37.2 Å². The Bertz CT molecular complexity index is 619. The molecule has 1 heterocycles. The molecule has 2 rings (SSSR count). The SMILES string of the molecule is COC(=O)CCCCCNC(=S)N1CCN(C(=O)Nc2ccccc2)CC1. The number of methoxy groups -OCH3 is 1.